The standard InChI is InChI=1S/C25H26FNO3/c1-4-29-24-16(3)25-21(19-7-5-6-8-22(19)30-25)14-20(24)15(2)13-23(28)27-18-11-9-17(26)10-12-18/h9-14H,4-8H2,1-3H3,(H,27,28)/b15-13+. The van der Waals surface area contributed by atoms with Crippen LogP contribution in [0.3, 0.4) is 0 Å². The number of carbonyl (C=O) groups excluding carboxylic acids is 1. The highest BCUT2D eigenvalue weighted by atomic mass is 19.1. The SMILES string of the molecule is CCOc1c(/C(C)=C/C(=O)Nc2ccc(F)cc2)cc2c3c(oc2c1C)CCCC3. The van der Waals surface area contributed by atoms with Crippen molar-refractivity contribution in [1.82, 2.24) is 0 Å². The van der Waals surface area contributed by atoms with Crippen LogP contribution < -0.4 is 10.1 Å². The molecule has 0 saturated carbocycles. The third-order valence-electron chi connectivity index (χ3n) is 5.60. The highest BCUT2D eigenvalue weighted by Gasteiger charge is 2.23. The van der Waals surface area contributed by atoms with Gasteiger partial charge in [0.05, 0.1) is 6.61 Å². The molecule has 2 aromatic carbocycles. The van der Waals surface area contributed by atoms with Crippen molar-refractivity contribution in [3.63, 3.8) is 0 Å². The summed E-state index contributed by atoms with van der Waals surface area (Å²) in [5.74, 6) is 1.22. The van der Waals surface area contributed by atoms with Crippen LogP contribution in [0.1, 0.15) is 49.1 Å². The van der Waals surface area contributed by atoms with Crippen molar-refractivity contribution < 1.29 is 18.3 Å². The molecule has 0 bridgehead atoms. The second-order valence-corrected chi connectivity index (χ2v) is 7.72. The van der Waals surface area contributed by atoms with Gasteiger partial charge in [-0.3, -0.25) is 4.79 Å². The zero-order valence-corrected chi connectivity index (χ0v) is 17.6. The minimum Gasteiger partial charge on any atom is -0.493 e. The second-order valence-electron chi connectivity index (χ2n) is 7.72. The van der Waals surface area contributed by atoms with E-state index in [1.54, 1.807) is 6.08 Å². The number of amides is 1. The molecule has 1 N–H and O–H groups in total. The van der Waals surface area contributed by atoms with Gasteiger partial charge < -0.3 is 14.5 Å². The Morgan fingerprint density at radius 1 is 1.23 bits per heavy atom. The van der Waals surface area contributed by atoms with Crippen LogP contribution in [0.5, 0.6) is 5.75 Å². The molecule has 156 valence electrons. The molecule has 1 amide bonds. The van der Waals surface area contributed by atoms with Gasteiger partial charge in [-0.2, -0.15) is 0 Å². The highest BCUT2D eigenvalue weighted by molar-refractivity contribution is 6.05. The number of anilines is 1. The van der Waals surface area contributed by atoms with Crippen LogP contribution in [-0.2, 0) is 17.6 Å². The number of hydrogen-bond acceptors (Lipinski definition) is 3. The van der Waals surface area contributed by atoms with Crippen molar-refractivity contribution in [2.45, 2.75) is 46.5 Å². The summed E-state index contributed by atoms with van der Waals surface area (Å²) in [6.45, 7) is 6.38. The van der Waals surface area contributed by atoms with E-state index in [1.165, 1.54) is 29.8 Å². The molecule has 4 rings (SSSR count). The number of allylic oxidation sites excluding steroid dienone is 1. The number of ether oxygens (including phenoxy) is 1. The first kappa shape index (κ1) is 20.2. The molecule has 0 atom stereocenters. The summed E-state index contributed by atoms with van der Waals surface area (Å²) in [4.78, 5) is 12.5. The molecular formula is C25H26FNO3. The molecule has 0 radical (unpaired) electrons. The zero-order chi connectivity index (χ0) is 21.3. The predicted octanol–water partition coefficient (Wildman–Crippen LogP) is 6.20. The summed E-state index contributed by atoms with van der Waals surface area (Å²) >= 11 is 0. The molecular weight excluding hydrogens is 381 g/mol. The van der Waals surface area contributed by atoms with Gasteiger partial charge in [-0.1, -0.05) is 0 Å². The van der Waals surface area contributed by atoms with Crippen molar-refractivity contribution in [1.29, 1.82) is 0 Å². The smallest absolute Gasteiger partial charge is 0.248 e. The summed E-state index contributed by atoms with van der Waals surface area (Å²) in [5, 5.41) is 3.89. The summed E-state index contributed by atoms with van der Waals surface area (Å²) in [7, 11) is 0. The first-order chi connectivity index (χ1) is 14.5. The van der Waals surface area contributed by atoms with E-state index in [-0.39, 0.29) is 11.7 Å². The van der Waals surface area contributed by atoms with Crippen molar-refractivity contribution in [3.8, 4) is 5.75 Å². The number of rotatable bonds is 5. The highest BCUT2D eigenvalue weighted by Crippen LogP contribution is 2.41. The average Bonchev–Trinajstić information content (AvgIpc) is 3.10. The van der Waals surface area contributed by atoms with E-state index in [9.17, 15) is 9.18 Å². The Morgan fingerprint density at radius 3 is 2.70 bits per heavy atom. The zero-order valence-electron chi connectivity index (χ0n) is 17.6. The lowest BCUT2D eigenvalue weighted by Crippen LogP contribution is -2.09. The molecule has 4 nitrogen and oxygen atoms in total. The van der Waals surface area contributed by atoms with E-state index >= 15 is 0 Å². The Labute approximate surface area is 175 Å². The third kappa shape index (κ3) is 3.84. The number of nitrogens with one attached hydrogen (secondary N) is 1. The summed E-state index contributed by atoms with van der Waals surface area (Å²) in [5.41, 5.74) is 5.38. The van der Waals surface area contributed by atoms with Crippen molar-refractivity contribution in [2.75, 3.05) is 11.9 Å². The lowest BCUT2D eigenvalue weighted by molar-refractivity contribution is -0.111. The minimum absolute atomic E-state index is 0.270. The molecule has 0 unspecified atom stereocenters. The van der Waals surface area contributed by atoms with E-state index in [2.05, 4.69) is 11.4 Å². The van der Waals surface area contributed by atoms with Crippen molar-refractivity contribution in [2.24, 2.45) is 0 Å². The maximum Gasteiger partial charge on any atom is 0.248 e. The Morgan fingerprint density at radius 2 is 1.97 bits per heavy atom. The molecule has 1 heterocycles. The monoisotopic (exact) mass is 407 g/mol. The fraction of sp³-hybridized carbons (Fsp3) is 0.320. The quantitative estimate of drug-likeness (QED) is 0.512. The number of halogens is 1. The Balaban J connectivity index is 1.73. The lowest BCUT2D eigenvalue weighted by atomic mass is 9.93. The summed E-state index contributed by atoms with van der Waals surface area (Å²) in [6, 6.07) is 7.81. The first-order valence-corrected chi connectivity index (χ1v) is 10.4. The molecule has 0 saturated heterocycles. The molecule has 1 aromatic heterocycles. The van der Waals surface area contributed by atoms with Gasteiger partial charge in [0.2, 0.25) is 5.91 Å². The van der Waals surface area contributed by atoms with Gasteiger partial charge in [0, 0.05) is 40.3 Å². The predicted molar refractivity (Wildman–Crippen MR) is 117 cm³/mol. The average molecular weight is 407 g/mol. The van der Waals surface area contributed by atoms with Crippen molar-refractivity contribution in [3.05, 3.63) is 64.7 Å². The molecule has 0 aliphatic heterocycles. The Bertz CT molecular complexity index is 1130. The number of fused-ring (bicyclic) bond motifs is 3. The van der Waals surface area contributed by atoms with Crippen LogP contribution in [0.25, 0.3) is 16.5 Å². The maximum atomic E-state index is 13.1. The lowest BCUT2D eigenvalue weighted by Gasteiger charge is -2.15. The van der Waals surface area contributed by atoms with Crippen LogP contribution in [0, 0.1) is 12.7 Å². The normalized spacial score (nSPS) is 13.9. The number of aryl methyl sites for hydroxylation is 3. The van der Waals surface area contributed by atoms with Gasteiger partial charge in [0.1, 0.15) is 22.9 Å². The number of benzene rings is 2. The number of furan rings is 1. The second kappa shape index (κ2) is 8.34. The first-order valence-electron chi connectivity index (χ1n) is 10.4. The molecule has 0 fully saturated rings. The minimum atomic E-state index is -0.340. The van der Waals surface area contributed by atoms with Crippen LogP contribution in [0.15, 0.2) is 40.8 Å². The fourth-order valence-electron chi connectivity index (χ4n) is 4.15. The van der Waals surface area contributed by atoms with Gasteiger partial charge in [0.15, 0.2) is 0 Å². The molecule has 5 heteroatoms. The fourth-order valence-corrected chi connectivity index (χ4v) is 4.15. The Hall–Kier alpha value is -3.08. The van der Waals surface area contributed by atoms with Gasteiger partial charge in [0.25, 0.3) is 0 Å². The van der Waals surface area contributed by atoms with Gasteiger partial charge in [-0.15, -0.1) is 0 Å². The van der Waals surface area contributed by atoms with Gasteiger partial charge >= 0.3 is 0 Å². The van der Waals surface area contributed by atoms with Crippen LogP contribution in [0.4, 0.5) is 10.1 Å². The number of carbonyl (C=O) groups is 1. The van der Waals surface area contributed by atoms with Crippen LogP contribution in [0.2, 0.25) is 0 Å². The molecule has 1 aliphatic rings. The molecule has 3 aromatic rings. The third-order valence-corrected chi connectivity index (χ3v) is 5.60. The topological polar surface area (TPSA) is 51.5 Å². The van der Waals surface area contributed by atoms with Crippen molar-refractivity contribution >= 4 is 28.1 Å². The van der Waals surface area contributed by atoms with Gasteiger partial charge in [-0.25, -0.2) is 4.39 Å². The molecule has 1 aliphatic carbocycles. The van der Waals surface area contributed by atoms with E-state index in [4.69, 9.17) is 9.15 Å². The molecule has 0 spiro atoms. The van der Waals surface area contributed by atoms with Gasteiger partial charge in [-0.05, 0) is 75.9 Å². The van der Waals surface area contributed by atoms with Crippen LogP contribution >= 0.6 is 0 Å². The Kier molecular flexibility index (Phi) is 5.62. The maximum absolute atomic E-state index is 13.1. The molecule has 30 heavy (non-hydrogen) atoms. The van der Waals surface area contributed by atoms with E-state index in [0.717, 1.165) is 64.9 Å². The van der Waals surface area contributed by atoms with Crippen LogP contribution in [-0.4, -0.2) is 12.5 Å². The summed E-state index contributed by atoms with van der Waals surface area (Å²) in [6.07, 6.45) is 5.86. The summed E-state index contributed by atoms with van der Waals surface area (Å²) < 4.78 is 25.3. The number of hydrogen-bond donors (Lipinski definition) is 1. The van der Waals surface area contributed by atoms with E-state index in [0.29, 0.717) is 12.3 Å². The van der Waals surface area contributed by atoms with E-state index in [1.807, 2.05) is 20.8 Å². The van der Waals surface area contributed by atoms with E-state index < -0.39 is 0 Å². The largest absolute Gasteiger partial charge is 0.493 e.